The molecule has 2 aromatic rings. The highest BCUT2D eigenvalue weighted by atomic mass is 35.5. The number of rotatable bonds is 4. The Morgan fingerprint density at radius 1 is 1.16 bits per heavy atom. The van der Waals surface area contributed by atoms with E-state index in [1.54, 1.807) is 6.07 Å². The fourth-order valence-corrected chi connectivity index (χ4v) is 2.35. The van der Waals surface area contributed by atoms with E-state index in [9.17, 15) is 0 Å². The van der Waals surface area contributed by atoms with Gasteiger partial charge >= 0.3 is 0 Å². The number of hydrogen-bond acceptors (Lipinski definition) is 2. The summed E-state index contributed by atoms with van der Waals surface area (Å²) >= 11 is 6.01. The molecule has 0 fully saturated rings. The summed E-state index contributed by atoms with van der Waals surface area (Å²) in [6, 6.07) is 17.6. The Balaban J connectivity index is 2.21. The Morgan fingerprint density at radius 2 is 1.95 bits per heavy atom. The summed E-state index contributed by atoms with van der Waals surface area (Å²) in [6.07, 6.45) is 0.812. The van der Waals surface area contributed by atoms with E-state index in [0.717, 1.165) is 22.6 Å². The molecule has 2 aromatic carbocycles. The molecule has 0 amide bonds. The Kier molecular flexibility index (Phi) is 4.57. The number of halogens is 1. The standard InChI is InChI=1S/C16H15ClN2/c17-16-6-2-5-14(9-16)15(11-19)8-12-3-1-4-13(7-12)10-18/h1-7,9,15H,8,11,19H2. The minimum atomic E-state index is 0.215. The van der Waals surface area contributed by atoms with Crippen molar-refractivity contribution in [3.05, 3.63) is 70.2 Å². The van der Waals surface area contributed by atoms with Gasteiger partial charge in [0.25, 0.3) is 0 Å². The first-order chi connectivity index (χ1) is 9.22. The second kappa shape index (κ2) is 6.38. The van der Waals surface area contributed by atoms with Gasteiger partial charge in [-0.1, -0.05) is 35.9 Å². The molecule has 0 aromatic heterocycles. The molecule has 0 aliphatic rings. The van der Waals surface area contributed by atoms with Gasteiger partial charge in [-0.3, -0.25) is 0 Å². The highest BCUT2D eigenvalue weighted by molar-refractivity contribution is 6.30. The molecule has 2 rings (SSSR count). The lowest BCUT2D eigenvalue weighted by molar-refractivity contribution is 0.694. The number of benzene rings is 2. The van der Waals surface area contributed by atoms with E-state index >= 15 is 0 Å². The number of nitrogens with zero attached hydrogens (tertiary/aromatic N) is 1. The maximum absolute atomic E-state index is 8.91. The van der Waals surface area contributed by atoms with Gasteiger partial charge in [-0.25, -0.2) is 0 Å². The van der Waals surface area contributed by atoms with Crippen molar-refractivity contribution in [2.45, 2.75) is 12.3 Å². The molecular formula is C16H15ClN2. The lowest BCUT2D eigenvalue weighted by atomic mass is 9.91. The molecule has 0 aliphatic heterocycles. The van der Waals surface area contributed by atoms with E-state index < -0.39 is 0 Å². The second-order valence-corrected chi connectivity index (χ2v) is 4.94. The molecule has 0 saturated carbocycles. The predicted molar refractivity (Wildman–Crippen MR) is 78.1 cm³/mol. The summed E-state index contributed by atoms with van der Waals surface area (Å²) in [6.45, 7) is 0.553. The van der Waals surface area contributed by atoms with Crippen molar-refractivity contribution < 1.29 is 0 Å². The Hall–Kier alpha value is -1.82. The second-order valence-electron chi connectivity index (χ2n) is 4.50. The number of nitrogens with two attached hydrogens (primary N) is 1. The molecule has 2 N–H and O–H groups in total. The van der Waals surface area contributed by atoms with Crippen molar-refractivity contribution >= 4 is 11.6 Å². The van der Waals surface area contributed by atoms with Crippen LogP contribution in [0, 0.1) is 11.3 Å². The van der Waals surface area contributed by atoms with Crippen molar-refractivity contribution in [3.8, 4) is 6.07 Å². The lowest BCUT2D eigenvalue weighted by Gasteiger charge is -2.15. The zero-order chi connectivity index (χ0) is 13.7. The van der Waals surface area contributed by atoms with E-state index in [1.165, 1.54) is 0 Å². The van der Waals surface area contributed by atoms with Crippen LogP contribution >= 0.6 is 11.6 Å². The van der Waals surface area contributed by atoms with Crippen LogP contribution < -0.4 is 5.73 Å². The van der Waals surface area contributed by atoms with Crippen LogP contribution in [0.2, 0.25) is 5.02 Å². The quantitative estimate of drug-likeness (QED) is 0.924. The van der Waals surface area contributed by atoms with Crippen molar-refractivity contribution in [1.82, 2.24) is 0 Å². The maximum atomic E-state index is 8.91. The summed E-state index contributed by atoms with van der Waals surface area (Å²) in [5, 5.41) is 9.64. The van der Waals surface area contributed by atoms with Crippen LogP contribution in [0.15, 0.2) is 48.5 Å². The maximum Gasteiger partial charge on any atom is 0.0991 e. The fourth-order valence-electron chi connectivity index (χ4n) is 2.15. The first-order valence-electron chi connectivity index (χ1n) is 6.17. The Bertz CT molecular complexity index is 602. The fraction of sp³-hybridized carbons (Fsp3) is 0.188. The molecule has 0 spiro atoms. The summed E-state index contributed by atoms with van der Waals surface area (Å²) in [5.74, 6) is 0.215. The van der Waals surface area contributed by atoms with Crippen molar-refractivity contribution in [3.63, 3.8) is 0 Å². The van der Waals surface area contributed by atoms with Crippen molar-refractivity contribution in [1.29, 1.82) is 5.26 Å². The molecule has 0 saturated heterocycles. The molecule has 0 bridgehead atoms. The topological polar surface area (TPSA) is 49.8 Å². The Morgan fingerprint density at radius 3 is 2.63 bits per heavy atom. The molecule has 19 heavy (non-hydrogen) atoms. The van der Waals surface area contributed by atoms with Gasteiger partial charge in [0.15, 0.2) is 0 Å². The van der Waals surface area contributed by atoms with Gasteiger partial charge in [-0.15, -0.1) is 0 Å². The van der Waals surface area contributed by atoms with Gasteiger partial charge in [-0.2, -0.15) is 5.26 Å². The zero-order valence-electron chi connectivity index (χ0n) is 10.5. The number of nitriles is 1. The lowest BCUT2D eigenvalue weighted by Crippen LogP contribution is -2.15. The molecule has 0 radical (unpaired) electrons. The van der Waals surface area contributed by atoms with Crippen LogP contribution in [0.3, 0.4) is 0 Å². The van der Waals surface area contributed by atoms with Crippen LogP contribution in [0.25, 0.3) is 0 Å². The third kappa shape index (κ3) is 3.57. The molecule has 0 heterocycles. The summed E-state index contributed by atoms with van der Waals surface area (Å²) in [4.78, 5) is 0. The van der Waals surface area contributed by atoms with E-state index in [2.05, 4.69) is 6.07 Å². The van der Waals surface area contributed by atoms with Gasteiger partial charge in [-0.05, 0) is 48.4 Å². The molecular weight excluding hydrogens is 256 g/mol. The van der Waals surface area contributed by atoms with Gasteiger partial charge in [0.1, 0.15) is 0 Å². The third-order valence-corrected chi connectivity index (χ3v) is 3.38. The van der Waals surface area contributed by atoms with Gasteiger partial charge < -0.3 is 5.73 Å². The average Bonchev–Trinajstić information content (AvgIpc) is 2.45. The summed E-state index contributed by atoms with van der Waals surface area (Å²) < 4.78 is 0. The van der Waals surface area contributed by atoms with Crippen LogP contribution in [-0.4, -0.2) is 6.54 Å². The van der Waals surface area contributed by atoms with Crippen LogP contribution in [0.1, 0.15) is 22.6 Å². The molecule has 1 atom stereocenters. The van der Waals surface area contributed by atoms with Crippen molar-refractivity contribution in [2.24, 2.45) is 5.73 Å². The summed E-state index contributed by atoms with van der Waals surface area (Å²) in [5.41, 5.74) is 8.80. The molecule has 2 nitrogen and oxygen atoms in total. The molecule has 96 valence electrons. The highest BCUT2D eigenvalue weighted by Gasteiger charge is 2.11. The van der Waals surface area contributed by atoms with Gasteiger partial charge in [0.05, 0.1) is 11.6 Å². The van der Waals surface area contributed by atoms with E-state index in [1.807, 2.05) is 42.5 Å². The van der Waals surface area contributed by atoms with Crippen LogP contribution in [0.4, 0.5) is 0 Å². The minimum Gasteiger partial charge on any atom is -0.330 e. The van der Waals surface area contributed by atoms with Crippen LogP contribution in [0.5, 0.6) is 0 Å². The predicted octanol–water partition coefficient (Wildman–Crippen LogP) is 3.50. The monoisotopic (exact) mass is 270 g/mol. The normalized spacial score (nSPS) is 11.8. The first-order valence-corrected chi connectivity index (χ1v) is 6.55. The smallest absolute Gasteiger partial charge is 0.0991 e. The molecule has 3 heteroatoms. The van der Waals surface area contributed by atoms with E-state index in [-0.39, 0.29) is 5.92 Å². The first kappa shape index (κ1) is 13.6. The van der Waals surface area contributed by atoms with Crippen LogP contribution in [-0.2, 0) is 6.42 Å². The highest BCUT2D eigenvalue weighted by Crippen LogP contribution is 2.23. The minimum absolute atomic E-state index is 0.215. The average molecular weight is 271 g/mol. The van der Waals surface area contributed by atoms with Crippen molar-refractivity contribution in [2.75, 3.05) is 6.54 Å². The van der Waals surface area contributed by atoms with Gasteiger partial charge in [0, 0.05) is 10.9 Å². The molecule has 1 unspecified atom stereocenters. The van der Waals surface area contributed by atoms with E-state index in [4.69, 9.17) is 22.6 Å². The SMILES string of the molecule is N#Cc1cccc(CC(CN)c2cccc(Cl)c2)c1. The summed E-state index contributed by atoms with van der Waals surface area (Å²) in [7, 11) is 0. The molecule has 0 aliphatic carbocycles. The Labute approximate surface area is 118 Å². The third-order valence-electron chi connectivity index (χ3n) is 3.14. The zero-order valence-corrected chi connectivity index (χ0v) is 11.3. The number of hydrogen-bond donors (Lipinski definition) is 1. The largest absolute Gasteiger partial charge is 0.330 e. The van der Waals surface area contributed by atoms with E-state index in [0.29, 0.717) is 12.1 Å². The van der Waals surface area contributed by atoms with Gasteiger partial charge in [0.2, 0.25) is 0 Å².